The zero-order valence-electron chi connectivity index (χ0n) is 44.0. The number of hydrogen-bond acceptors (Lipinski definition) is 8. The fourth-order valence-corrected chi connectivity index (χ4v) is 10.7. The summed E-state index contributed by atoms with van der Waals surface area (Å²) in [6.07, 6.45) is 7.96. The number of fused-ring (bicyclic) bond motifs is 4. The highest BCUT2D eigenvalue weighted by Crippen LogP contribution is 2.31. The average Bonchev–Trinajstić information content (AvgIpc) is 3.60. The summed E-state index contributed by atoms with van der Waals surface area (Å²) in [5.41, 5.74) is 31.2. The summed E-state index contributed by atoms with van der Waals surface area (Å²) in [6.45, 7) is 7.15. The van der Waals surface area contributed by atoms with Gasteiger partial charge in [0.15, 0.2) is 0 Å². The number of carbonyl (C=O) groups excluding carboxylic acids is 2. The Hall–Kier alpha value is -7.94. The molecule has 0 spiro atoms. The maximum absolute atomic E-state index is 13.0. The number of benzene rings is 8. The maximum atomic E-state index is 13.0. The minimum absolute atomic E-state index is 0.0788. The van der Waals surface area contributed by atoms with Crippen LogP contribution in [0, 0.1) is 13.8 Å². The molecule has 0 fully saturated rings. The molecule has 0 saturated carbocycles. The normalized spacial score (nSPS) is 11.4. The first-order chi connectivity index (χ1) is 38.0. The monoisotopic (exact) mass is 1160 g/mol. The lowest BCUT2D eigenvalue weighted by Crippen LogP contribution is -2.33. The first-order valence-electron chi connectivity index (χ1n) is 26.8. The largest absolute Gasteiger partial charge is 0.398 e. The van der Waals surface area contributed by atoms with Gasteiger partial charge in [0.25, 0.3) is 11.8 Å². The number of nitrogen functional groups attached to an aromatic ring is 2. The Morgan fingerprint density at radius 3 is 1.17 bits per heavy atom. The standard InChI is InChI=1S/C64H62Br2N10O2/c1-41-33-55-61(75(47-17-9-7-10-18-47)59-37-51(67)49(65)35-57(59)73-55)39-53(41)69-29-13-3-5-15-31-71-63(77)45-25-21-43(22-26-45)44-23-27-46(28-24-44)64(78)72-32-16-6-4-14-30-70-54-40-62-56(34-42(54)2)74-58-36-50(66)52(68)38-60(58)76(62)48-19-11-8-12-20-48/h7-12,17-28,33-40H,3-6,13-16,29-32H2,1-2H3,(H6,67,68,69,70,71,72,77,78)/p+2. The maximum Gasteiger partial charge on any atom is 0.251 e. The number of nitrogens with two attached hydrogens (primary N) is 2. The van der Waals surface area contributed by atoms with E-state index in [4.69, 9.17) is 21.4 Å². The molecule has 12 nitrogen and oxygen atoms in total. The highest BCUT2D eigenvalue weighted by molar-refractivity contribution is 9.11. The predicted octanol–water partition coefficient (Wildman–Crippen LogP) is 13.4. The average molecular weight is 1170 g/mol. The van der Waals surface area contributed by atoms with Crippen molar-refractivity contribution < 1.29 is 18.7 Å². The van der Waals surface area contributed by atoms with Gasteiger partial charge in [-0.3, -0.25) is 9.59 Å². The molecule has 2 heterocycles. The molecule has 0 aliphatic carbocycles. The van der Waals surface area contributed by atoms with E-state index in [9.17, 15) is 9.59 Å². The Morgan fingerprint density at radius 2 is 0.782 bits per heavy atom. The van der Waals surface area contributed by atoms with Crippen LogP contribution in [-0.4, -0.2) is 48.0 Å². The van der Waals surface area contributed by atoms with E-state index in [1.807, 2.05) is 109 Å². The van der Waals surface area contributed by atoms with Crippen LogP contribution in [0.3, 0.4) is 0 Å². The molecule has 394 valence electrons. The number of unbranched alkanes of at least 4 members (excludes halogenated alkanes) is 6. The molecule has 0 atom stereocenters. The smallest absolute Gasteiger partial charge is 0.251 e. The zero-order valence-corrected chi connectivity index (χ0v) is 47.2. The number of halogens is 2. The fraction of sp³-hybridized carbons (Fsp3) is 0.219. The molecule has 10 rings (SSSR count). The number of hydrogen-bond donors (Lipinski definition) is 6. The summed E-state index contributed by atoms with van der Waals surface area (Å²) >= 11 is 7.16. The number of nitrogens with zero attached hydrogens (tertiary/aromatic N) is 4. The van der Waals surface area contributed by atoms with Gasteiger partial charge in [0.1, 0.15) is 22.1 Å². The molecular formula is C64H64Br2N10O2+2. The third-order valence-electron chi connectivity index (χ3n) is 14.3. The molecule has 2 aromatic heterocycles. The molecule has 10 aromatic rings. The van der Waals surface area contributed by atoms with Crippen LogP contribution in [0.4, 0.5) is 22.7 Å². The molecule has 0 aliphatic rings. The number of carbonyl (C=O) groups is 2. The number of anilines is 4. The lowest BCUT2D eigenvalue weighted by molar-refractivity contribution is -0.538. The van der Waals surface area contributed by atoms with Gasteiger partial charge >= 0.3 is 0 Å². The summed E-state index contributed by atoms with van der Waals surface area (Å²) in [5.74, 6) is -0.158. The number of aryl methyl sites for hydroxylation is 2. The van der Waals surface area contributed by atoms with Crippen molar-refractivity contribution in [2.45, 2.75) is 65.2 Å². The van der Waals surface area contributed by atoms with Gasteiger partial charge in [-0.1, -0.05) is 86.3 Å². The van der Waals surface area contributed by atoms with Gasteiger partial charge < -0.3 is 32.7 Å². The Balaban J connectivity index is 0.622. The van der Waals surface area contributed by atoms with E-state index in [2.05, 4.69) is 125 Å². The lowest BCUT2D eigenvalue weighted by Gasteiger charge is -2.12. The Bertz CT molecular complexity index is 3550. The summed E-state index contributed by atoms with van der Waals surface area (Å²) in [6, 6.07) is 52.5. The van der Waals surface area contributed by atoms with E-state index in [1.165, 1.54) is 0 Å². The van der Waals surface area contributed by atoms with E-state index in [0.29, 0.717) is 35.6 Å². The molecule has 0 unspecified atom stereocenters. The minimum atomic E-state index is -0.0788. The summed E-state index contributed by atoms with van der Waals surface area (Å²) in [4.78, 5) is 36.1. The van der Waals surface area contributed by atoms with Crippen molar-refractivity contribution in [2.24, 2.45) is 0 Å². The highest BCUT2D eigenvalue weighted by Gasteiger charge is 2.24. The van der Waals surface area contributed by atoms with E-state index in [-0.39, 0.29) is 11.8 Å². The third-order valence-corrected chi connectivity index (χ3v) is 15.7. The second-order valence-corrected chi connectivity index (χ2v) is 21.7. The second-order valence-electron chi connectivity index (χ2n) is 20.0. The van der Waals surface area contributed by atoms with Crippen LogP contribution < -0.4 is 41.9 Å². The van der Waals surface area contributed by atoms with E-state index >= 15 is 0 Å². The Labute approximate surface area is 472 Å². The third kappa shape index (κ3) is 12.3. The first kappa shape index (κ1) is 53.5. The molecule has 8 N–H and O–H groups in total. The van der Waals surface area contributed by atoms with Gasteiger partial charge in [-0.15, -0.1) is 9.13 Å². The predicted molar refractivity (Wildman–Crippen MR) is 326 cm³/mol. The Morgan fingerprint density at radius 1 is 0.436 bits per heavy atom. The van der Waals surface area contributed by atoms with Crippen LogP contribution in [0.25, 0.3) is 66.6 Å². The first-order valence-corrected chi connectivity index (χ1v) is 28.4. The highest BCUT2D eigenvalue weighted by atomic mass is 79.9. The number of para-hydroxylation sites is 2. The molecule has 0 aliphatic heterocycles. The fourth-order valence-electron chi connectivity index (χ4n) is 10.1. The minimum Gasteiger partial charge on any atom is -0.398 e. The van der Waals surface area contributed by atoms with Crippen LogP contribution in [-0.2, 0) is 0 Å². The van der Waals surface area contributed by atoms with Crippen LogP contribution in [0.15, 0.2) is 167 Å². The summed E-state index contributed by atoms with van der Waals surface area (Å²) < 4.78 is 6.11. The van der Waals surface area contributed by atoms with Crippen molar-refractivity contribution in [3.63, 3.8) is 0 Å². The van der Waals surface area contributed by atoms with Gasteiger partial charge in [0, 0.05) is 106 Å². The number of nitrogens with one attached hydrogen (secondary N) is 4. The molecule has 0 bridgehead atoms. The van der Waals surface area contributed by atoms with Crippen molar-refractivity contribution in [1.29, 1.82) is 0 Å². The molecule has 2 amide bonds. The zero-order chi connectivity index (χ0) is 54.1. The molecular weight excluding hydrogens is 1100 g/mol. The van der Waals surface area contributed by atoms with E-state index < -0.39 is 0 Å². The van der Waals surface area contributed by atoms with Crippen LogP contribution in [0.2, 0.25) is 0 Å². The van der Waals surface area contributed by atoms with Gasteiger partial charge in [-0.25, -0.2) is 9.97 Å². The lowest BCUT2D eigenvalue weighted by atomic mass is 10.0. The van der Waals surface area contributed by atoms with Crippen molar-refractivity contribution in [3.05, 3.63) is 189 Å². The summed E-state index contributed by atoms with van der Waals surface area (Å²) in [5, 5.41) is 13.5. The number of amides is 2. The van der Waals surface area contributed by atoms with Crippen LogP contribution >= 0.6 is 31.9 Å². The molecule has 14 heteroatoms. The molecule has 78 heavy (non-hydrogen) atoms. The van der Waals surface area contributed by atoms with E-state index in [0.717, 1.165) is 163 Å². The van der Waals surface area contributed by atoms with Gasteiger partial charge in [0.05, 0.1) is 11.4 Å². The van der Waals surface area contributed by atoms with E-state index in [1.54, 1.807) is 0 Å². The summed E-state index contributed by atoms with van der Waals surface area (Å²) in [7, 11) is 0. The van der Waals surface area contributed by atoms with Crippen LogP contribution in [0.1, 0.15) is 83.2 Å². The van der Waals surface area contributed by atoms with Crippen molar-refractivity contribution in [2.75, 3.05) is 48.3 Å². The van der Waals surface area contributed by atoms with Crippen molar-refractivity contribution >= 4 is 111 Å². The molecule has 0 radical (unpaired) electrons. The second kappa shape index (κ2) is 24.6. The SMILES string of the molecule is Cc1cc2nc3cc(Br)c(N)cc3[n+](-c3ccccc3)c2cc1NCCCCCCNC(=O)c1ccc(-c2ccc(C(=O)NCCCCCCNc3cc4c(cc3C)nc3cc(Br)c(N)cc3[n+]4-c3ccccc3)cc2)cc1. The van der Waals surface area contributed by atoms with Crippen LogP contribution in [0.5, 0.6) is 0 Å². The van der Waals surface area contributed by atoms with Crippen molar-refractivity contribution in [3.8, 4) is 22.5 Å². The van der Waals surface area contributed by atoms with Gasteiger partial charge in [0.2, 0.25) is 33.4 Å². The van der Waals surface area contributed by atoms with Gasteiger partial charge in [-0.2, -0.15) is 0 Å². The van der Waals surface area contributed by atoms with Gasteiger partial charge in [-0.05, 0) is 142 Å². The number of rotatable bonds is 21. The topological polar surface area (TPSA) is 168 Å². The molecule has 0 saturated heterocycles. The molecule has 8 aromatic carbocycles. The Kier molecular flexibility index (Phi) is 16.9. The van der Waals surface area contributed by atoms with Crippen molar-refractivity contribution in [1.82, 2.24) is 20.6 Å². The number of aromatic nitrogens is 4. The quantitative estimate of drug-likeness (QED) is 0.0179.